The van der Waals surface area contributed by atoms with Crippen LogP contribution in [0.2, 0.25) is 0 Å². The summed E-state index contributed by atoms with van der Waals surface area (Å²) in [5.74, 6) is 0.935. The second kappa shape index (κ2) is 6.10. The van der Waals surface area contributed by atoms with Gasteiger partial charge in [-0.1, -0.05) is 12.1 Å². The van der Waals surface area contributed by atoms with Gasteiger partial charge in [-0.3, -0.25) is 0 Å². The van der Waals surface area contributed by atoms with Gasteiger partial charge in [-0.15, -0.1) is 0 Å². The molecule has 0 atom stereocenters. The van der Waals surface area contributed by atoms with E-state index in [2.05, 4.69) is 31.9 Å². The summed E-state index contributed by atoms with van der Waals surface area (Å²) in [7, 11) is 2.08. The summed E-state index contributed by atoms with van der Waals surface area (Å²) in [4.78, 5) is 2.20. The largest absolute Gasteiger partial charge is 0.489 e. The zero-order valence-electron chi connectivity index (χ0n) is 12.2. The van der Waals surface area contributed by atoms with E-state index in [0.717, 1.165) is 24.4 Å². The number of nitrogens with zero attached hydrogens (tertiary/aromatic N) is 1. The van der Waals surface area contributed by atoms with Gasteiger partial charge in [0.25, 0.3) is 0 Å². The maximum Gasteiger partial charge on any atom is 0.142 e. The van der Waals surface area contributed by atoms with E-state index in [0.29, 0.717) is 0 Å². The fourth-order valence-corrected chi connectivity index (χ4v) is 1.70. The number of anilines is 1. The molecule has 0 amide bonds. The molecule has 0 saturated carbocycles. The van der Waals surface area contributed by atoms with E-state index in [1.807, 2.05) is 32.0 Å². The molecule has 0 aromatic heterocycles. The fraction of sp³-hybridized carbons (Fsp3) is 0.600. The lowest BCUT2D eigenvalue weighted by Gasteiger charge is -2.27. The average Bonchev–Trinajstić information content (AvgIpc) is 2.25. The second-order valence-corrected chi connectivity index (χ2v) is 5.79. The van der Waals surface area contributed by atoms with Crippen LogP contribution in [0.1, 0.15) is 34.1 Å². The molecular formula is C15H26N2O. The van der Waals surface area contributed by atoms with Crippen LogP contribution in [0.3, 0.4) is 0 Å². The predicted octanol–water partition coefficient (Wildman–Crippen LogP) is 3.04. The first-order valence-corrected chi connectivity index (χ1v) is 6.55. The SMILES string of the molecule is CC(C)Oc1ccccc1N(C)CCC(C)(C)N. The highest BCUT2D eigenvalue weighted by Crippen LogP contribution is 2.28. The van der Waals surface area contributed by atoms with Gasteiger partial charge in [-0.25, -0.2) is 0 Å². The highest BCUT2D eigenvalue weighted by Gasteiger charge is 2.14. The van der Waals surface area contributed by atoms with Crippen molar-refractivity contribution < 1.29 is 4.74 Å². The number of benzene rings is 1. The first kappa shape index (κ1) is 14.8. The van der Waals surface area contributed by atoms with E-state index in [1.54, 1.807) is 0 Å². The zero-order chi connectivity index (χ0) is 13.8. The molecular weight excluding hydrogens is 224 g/mol. The molecule has 0 unspecified atom stereocenters. The van der Waals surface area contributed by atoms with Crippen LogP contribution in [0.25, 0.3) is 0 Å². The molecule has 0 heterocycles. The van der Waals surface area contributed by atoms with Gasteiger partial charge in [0.2, 0.25) is 0 Å². The van der Waals surface area contributed by atoms with Gasteiger partial charge >= 0.3 is 0 Å². The Kier molecular flexibility index (Phi) is 5.03. The van der Waals surface area contributed by atoms with Crippen molar-refractivity contribution in [3.8, 4) is 5.75 Å². The first-order valence-electron chi connectivity index (χ1n) is 6.55. The smallest absolute Gasteiger partial charge is 0.142 e. The van der Waals surface area contributed by atoms with Crippen LogP contribution in [0.15, 0.2) is 24.3 Å². The van der Waals surface area contributed by atoms with Gasteiger partial charge in [-0.2, -0.15) is 0 Å². The van der Waals surface area contributed by atoms with Gasteiger partial charge in [-0.05, 0) is 46.2 Å². The van der Waals surface area contributed by atoms with E-state index in [4.69, 9.17) is 10.5 Å². The fourth-order valence-electron chi connectivity index (χ4n) is 1.70. The van der Waals surface area contributed by atoms with Crippen LogP contribution in [0.4, 0.5) is 5.69 Å². The molecule has 3 heteroatoms. The minimum absolute atomic E-state index is 0.137. The Hall–Kier alpha value is -1.22. The van der Waals surface area contributed by atoms with E-state index < -0.39 is 0 Å². The van der Waals surface area contributed by atoms with Crippen molar-refractivity contribution in [3.63, 3.8) is 0 Å². The van der Waals surface area contributed by atoms with Crippen LogP contribution < -0.4 is 15.4 Å². The molecule has 102 valence electrons. The lowest BCUT2D eigenvalue weighted by atomic mass is 10.0. The third kappa shape index (κ3) is 4.96. The summed E-state index contributed by atoms with van der Waals surface area (Å²) in [5, 5.41) is 0. The normalized spacial score (nSPS) is 11.7. The summed E-state index contributed by atoms with van der Waals surface area (Å²) in [5.41, 5.74) is 7.01. The highest BCUT2D eigenvalue weighted by molar-refractivity contribution is 5.57. The van der Waals surface area contributed by atoms with Crippen LogP contribution >= 0.6 is 0 Å². The van der Waals surface area contributed by atoms with E-state index in [9.17, 15) is 0 Å². The number of para-hydroxylation sites is 2. The van der Waals surface area contributed by atoms with E-state index in [-0.39, 0.29) is 11.6 Å². The van der Waals surface area contributed by atoms with Crippen molar-refractivity contribution in [2.24, 2.45) is 5.73 Å². The molecule has 2 N–H and O–H groups in total. The Bertz CT molecular complexity index is 369. The van der Waals surface area contributed by atoms with Gasteiger partial charge in [0.15, 0.2) is 0 Å². The molecule has 1 rings (SSSR count). The monoisotopic (exact) mass is 250 g/mol. The summed E-state index contributed by atoms with van der Waals surface area (Å²) < 4.78 is 5.83. The third-order valence-electron chi connectivity index (χ3n) is 2.73. The standard InChI is InChI=1S/C15H26N2O/c1-12(2)18-14-9-7-6-8-13(14)17(5)11-10-15(3,4)16/h6-9,12H,10-11,16H2,1-5H3. The number of hydrogen-bond acceptors (Lipinski definition) is 3. The molecule has 0 aliphatic heterocycles. The highest BCUT2D eigenvalue weighted by atomic mass is 16.5. The lowest BCUT2D eigenvalue weighted by Crippen LogP contribution is -2.36. The number of nitrogens with two attached hydrogens (primary N) is 1. The molecule has 0 bridgehead atoms. The third-order valence-corrected chi connectivity index (χ3v) is 2.73. The summed E-state index contributed by atoms with van der Waals surface area (Å²) in [6, 6.07) is 8.13. The first-order chi connectivity index (χ1) is 8.29. The molecule has 3 nitrogen and oxygen atoms in total. The number of rotatable bonds is 6. The summed E-state index contributed by atoms with van der Waals surface area (Å²) in [6.45, 7) is 9.11. The maximum absolute atomic E-state index is 6.02. The molecule has 0 saturated heterocycles. The van der Waals surface area contributed by atoms with Gasteiger partial charge in [0, 0.05) is 19.1 Å². The Balaban J connectivity index is 2.75. The van der Waals surface area contributed by atoms with Crippen LogP contribution in [-0.4, -0.2) is 25.2 Å². The summed E-state index contributed by atoms with van der Waals surface area (Å²) in [6.07, 6.45) is 1.13. The average molecular weight is 250 g/mol. The Morgan fingerprint density at radius 1 is 1.28 bits per heavy atom. The minimum atomic E-state index is -0.137. The van der Waals surface area contributed by atoms with E-state index in [1.165, 1.54) is 0 Å². The summed E-state index contributed by atoms with van der Waals surface area (Å²) >= 11 is 0. The number of ether oxygens (including phenoxy) is 1. The molecule has 0 aliphatic carbocycles. The van der Waals surface area contributed by atoms with Crippen molar-refractivity contribution in [1.82, 2.24) is 0 Å². The van der Waals surface area contributed by atoms with Crippen molar-refractivity contribution in [2.45, 2.75) is 45.8 Å². The molecule has 0 aliphatic rings. The number of hydrogen-bond donors (Lipinski definition) is 1. The van der Waals surface area contributed by atoms with Crippen LogP contribution in [0, 0.1) is 0 Å². The minimum Gasteiger partial charge on any atom is -0.489 e. The Labute approximate surface area is 111 Å². The topological polar surface area (TPSA) is 38.5 Å². The zero-order valence-corrected chi connectivity index (χ0v) is 12.2. The van der Waals surface area contributed by atoms with Crippen molar-refractivity contribution in [3.05, 3.63) is 24.3 Å². The van der Waals surface area contributed by atoms with Gasteiger partial charge in [0.1, 0.15) is 5.75 Å². The molecule has 0 spiro atoms. The molecule has 0 radical (unpaired) electrons. The van der Waals surface area contributed by atoms with E-state index >= 15 is 0 Å². The van der Waals surface area contributed by atoms with Crippen LogP contribution in [0.5, 0.6) is 5.75 Å². The Morgan fingerprint density at radius 2 is 1.89 bits per heavy atom. The van der Waals surface area contributed by atoms with Crippen molar-refractivity contribution in [1.29, 1.82) is 0 Å². The molecule has 1 aromatic rings. The quantitative estimate of drug-likeness (QED) is 0.843. The molecule has 1 aromatic carbocycles. The molecule has 0 fully saturated rings. The van der Waals surface area contributed by atoms with Crippen molar-refractivity contribution >= 4 is 5.69 Å². The lowest BCUT2D eigenvalue weighted by molar-refractivity contribution is 0.243. The Morgan fingerprint density at radius 3 is 2.44 bits per heavy atom. The maximum atomic E-state index is 6.02. The van der Waals surface area contributed by atoms with Crippen LogP contribution in [-0.2, 0) is 0 Å². The molecule has 18 heavy (non-hydrogen) atoms. The predicted molar refractivity (Wildman–Crippen MR) is 78.4 cm³/mol. The second-order valence-electron chi connectivity index (χ2n) is 5.79. The van der Waals surface area contributed by atoms with Crippen molar-refractivity contribution in [2.75, 3.05) is 18.5 Å². The van der Waals surface area contributed by atoms with Gasteiger partial charge < -0.3 is 15.4 Å². The van der Waals surface area contributed by atoms with Gasteiger partial charge in [0.05, 0.1) is 11.8 Å².